The van der Waals surface area contributed by atoms with Gasteiger partial charge in [-0.1, -0.05) is 48.5 Å². The summed E-state index contributed by atoms with van der Waals surface area (Å²) in [6.45, 7) is 9.54. The molecule has 0 aliphatic carbocycles. The molecule has 0 spiro atoms. The van der Waals surface area contributed by atoms with Gasteiger partial charge in [-0.25, -0.2) is 4.98 Å². The molecule has 0 bridgehead atoms. The van der Waals surface area contributed by atoms with Crippen LogP contribution in [-0.4, -0.2) is 41.1 Å². The molecule has 4 rings (SSSR count). The number of aromatic nitrogens is 1. The summed E-state index contributed by atoms with van der Waals surface area (Å²) < 4.78 is 5.85. The number of carbonyl (C=O) groups excluding carboxylic acids is 1. The summed E-state index contributed by atoms with van der Waals surface area (Å²) in [4.78, 5) is 19.5. The Kier molecular flexibility index (Phi) is 7.35. The van der Waals surface area contributed by atoms with Crippen molar-refractivity contribution in [2.45, 2.75) is 52.5 Å². The lowest BCUT2D eigenvalue weighted by Crippen LogP contribution is -2.45. The van der Waals surface area contributed by atoms with Crippen molar-refractivity contribution >= 4 is 17.2 Å². The van der Waals surface area contributed by atoms with Crippen LogP contribution in [0.2, 0.25) is 0 Å². The zero-order valence-electron chi connectivity index (χ0n) is 19.0. The van der Waals surface area contributed by atoms with Gasteiger partial charge in [0.05, 0.1) is 29.3 Å². The van der Waals surface area contributed by atoms with Gasteiger partial charge in [0.25, 0.3) is 0 Å². The summed E-state index contributed by atoms with van der Waals surface area (Å²) >= 11 is 1.65. The third-order valence-electron chi connectivity index (χ3n) is 5.72. The van der Waals surface area contributed by atoms with E-state index >= 15 is 0 Å². The van der Waals surface area contributed by atoms with Crippen molar-refractivity contribution in [3.63, 3.8) is 0 Å². The van der Waals surface area contributed by atoms with Crippen molar-refractivity contribution in [1.29, 1.82) is 0 Å². The summed E-state index contributed by atoms with van der Waals surface area (Å²) in [6, 6.07) is 16.5. The standard InChI is InChI=1S/C26H31N3O2S/c1-18-14-29(15-19(2)31-18)16-24-7-5-4-6-23(24)13-27-26(30)12-21-8-10-22(11-9-21)25-17-32-20(3)28-25/h4-11,17-19H,12-16H2,1-3H3,(H,27,30). The largest absolute Gasteiger partial charge is 0.373 e. The quantitative estimate of drug-likeness (QED) is 0.573. The molecular formula is C26H31N3O2S. The lowest BCUT2D eigenvalue weighted by atomic mass is 10.1. The Hall–Kier alpha value is -2.54. The van der Waals surface area contributed by atoms with Gasteiger partial charge in [-0.15, -0.1) is 11.3 Å². The SMILES string of the molecule is Cc1nc(-c2ccc(CC(=O)NCc3ccccc3CN3CC(C)OC(C)C3)cc2)cs1. The van der Waals surface area contributed by atoms with Crippen LogP contribution in [-0.2, 0) is 29.0 Å². The highest BCUT2D eigenvalue weighted by molar-refractivity contribution is 7.09. The molecule has 3 aromatic rings. The molecule has 1 amide bonds. The summed E-state index contributed by atoms with van der Waals surface area (Å²) in [7, 11) is 0. The fourth-order valence-corrected chi connectivity index (χ4v) is 4.89. The molecule has 6 heteroatoms. The molecular weight excluding hydrogens is 418 g/mol. The van der Waals surface area contributed by atoms with E-state index < -0.39 is 0 Å². The summed E-state index contributed by atoms with van der Waals surface area (Å²) in [6.07, 6.45) is 0.866. The zero-order chi connectivity index (χ0) is 22.5. The average molecular weight is 450 g/mol. The maximum Gasteiger partial charge on any atom is 0.224 e. The first-order valence-electron chi connectivity index (χ1n) is 11.2. The molecule has 2 aromatic carbocycles. The molecule has 2 atom stereocenters. The molecule has 1 fully saturated rings. The lowest BCUT2D eigenvalue weighted by Gasteiger charge is -2.35. The van der Waals surface area contributed by atoms with E-state index in [0.29, 0.717) is 13.0 Å². The first-order valence-corrected chi connectivity index (χ1v) is 12.1. The van der Waals surface area contributed by atoms with Gasteiger partial charge in [-0.3, -0.25) is 9.69 Å². The highest BCUT2D eigenvalue weighted by Gasteiger charge is 2.22. The monoisotopic (exact) mass is 449 g/mol. The van der Waals surface area contributed by atoms with Crippen LogP contribution in [0.15, 0.2) is 53.9 Å². The van der Waals surface area contributed by atoms with E-state index in [2.05, 4.69) is 52.6 Å². The first-order chi connectivity index (χ1) is 15.5. The molecule has 1 aliphatic heterocycles. The molecule has 5 nitrogen and oxygen atoms in total. The van der Waals surface area contributed by atoms with E-state index in [1.165, 1.54) is 11.1 Å². The molecule has 1 aliphatic rings. The average Bonchev–Trinajstić information content (AvgIpc) is 3.19. The molecule has 1 N–H and O–H groups in total. The number of rotatable bonds is 7. The van der Waals surface area contributed by atoms with Gasteiger partial charge < -0.3 is 10.1 Å². The number of hydrogen-bond donors (Lipinski definition) is 1. The van der Waals surface area contributed by atoms with E-state index in [4.69, 9.17) is 4.74 Å². The number of ether oxygens (including phenoxy) is 1. The molecule has 0 saturated carbocycles. The highest BCUT2D eigenvalue weighted by Crippen LogP contribution is 2.22. The number of hydrogen-bond acceptors (Lipinski definition) is 5. The van der Waals surface area contributed by atoms with E-state index in [1.807, 2.05) is 37.3 Å². The molecule has 0 radical (unpaired) electrons. The van der Waals surface area contributed by atoms with Crippen molar-refractivity contribution in [1.82, 2.24) is 15.2 Å². The third kappa shape index (κ3) is 6.03. The van der Waals surface area contributed by atoms with Gasteiger partial charge in [0.15, 0.2) is 0 Å². The Morgan fingerprint density at radius 1 is 1.09 bits per heavy atom. The third-order valence-corrected chi connectivity index (χ3v) is 6.49. The number of carbonyl (C=O) groups is 1. The molecule has 2 unspecified atom stereocenters. The lowest BCUT2D eigenvalue weighted by molar-refractivity contribution is -0.120. The minimum absolute atomic E-state index is 0.0330. The number of benzene rings is 2. The predicted octanol–water partition coefficient (Wildman–Crippen LogP) is 4.59. The van der Waals surface area contributed by atoms with Crippen LogP contribution in [0.5, 0.6) is 0 Å². The van der Waals surface area contributed by atoms with Crippen LogP contribution in [0, 0.1) is 6.92 Å². The summed E-state index contributed by atoms with van der Waals surface area (Å²) in [5.74, 6) is 0.0330. The maximum atomic E-state index is 12.6. The number of morpholine rings is 1. The van der Waals surface area contributed by atoms with Crippen LogP contribution >= 0.6 is 11.3 Å². The molecule has 1 aromatic heterocycles. The van der Waals surface area contributed by atoms with E-state index in [0.717, 1.165) is 41.5 Å². The molecule has 32 heavy (non-hydrogen) atoms. The Balaban J connectivity index is 1.32. The zero-order valence-corrected chi connectivity index (χ0v) is 19.8. The van der Waals surface area contributed by atoms with Gasteiger partial charge in [-0.05, 0) is 37.5 Å². The van der Waals surface area contributed by atoms with Gasteiger partial charge in [0.1, 0.15) is 0 Å². The Labute approximate surface area is 194 Å². The maximum absolute atomic E-state index is 12.6. The second-order valence-electron chi connectivity index (χ2n) is 8.62. The van der Waals surface area contributed by atoms with Crippen molar-refractivity contribution in [3.05, 3.63) is 75.6 Å². The van der Waals surface area contributed by atoms with Crippen molar-refractivity contribution in [2.24, 2.45) is 0 Å². The van der Waals surface area contributed by atoms with E-state index in [9.17, 15) is 4.79 Å². The van der Waals surface area contributed by atoms with Crippen LogP contribution in [0.3, 0.4) is 0 Å². The molecule has 168 valence electrons. The topological polar surface area (TPSA) is 54.5 Å². The van der Waals surface area contributed by atoms with Crippen LogP contribution in [0.4, 0.5) is 0 Å². The normalized spacial score (nSPS) is 19.1. The summed E-state index contributed by atoms with van der Waals surface area (Å²) in [5.41, 5.74) is 5.50. The van der Waals surface area contributed by atoms with Gasteiger partial charge in [-0.2, -0.15) is 0 Å². The fourth-order valence-electron chi connectivity index (χ4n) is 4.27. The first kappa shape index (κ1) is 22.6. The summed E-state index contributed by atoms with van der Waals surface area (Å²) in [5, 5.41) is 6.22. The second-order valence-corrected chi connectivity index (χ2v) is 9.68. The van der Waals surface area contributed by atoms with Crippen LogP contribution in [0.25, 0.3) is 11.3 Å². The van der Waals surface area contributed by atoms with Crippen molar-refractivity contribution < 1.29 is 9.53 Å². The van der Waals surface area contributed by atoms with E-state index in [1.54, 1.807) is 11.3 Å². The van der Waals surface area contributed by atoms with Crippen molar-refractivity contribution in [2.75, 3.05) is 13.1 Å². The second kappa shape index (κ2) is 10.4. The fraction of sp³-hybridized carbons (Fsp3) is 0.385. The number of nitrogens with zero attached hydrogens (tertiary/aromatic N) is 2. The Bertz CT molecular complexity index is 1040. The Morgan fingerprint density at radius 2 is 1.78 bits per heavy atom. The highest BCUT2D eigenvalue weighted by atomic mass is 32.1. The number of aryl methyl sites for hydroxylation is 1. The van der Waals surface area contributed by atoms with Gasteiger partial charge in [0.2, 0.25) is 5.91 Å². The van der Waals surface area contributed by atoms with Gasteiger partial charge >= 0.3 is 0 Å². The smallest absolute Gasteiger partial charge is 0.224 e. The Morgan fingerprint density at radius 3 is 2.44 bits per heavy atom. The number of nitrogens with one attached hydrogen (secondary N) is 1. The van der Waals surface area contributed by atoms with Crippen LogP contribution in [0.1, 0.15) is 35.5 Å². The molecule has 1 saturated heterocycles. The van der Waals surface area contributed by atoms with Crippen molar-refractivity contribution in [3.8, 4) is 11.3 Å². The predicted molar refractivity (Wildman–Crippen MR) is 130 cm³/mol. The number of thiazole rings is 1. The minimum Gasteiger partial charge on any atom is -0.373 e. The van der Waals surface area contributed by atoms with E-state index in [-0.39, 0.29) is 18.1 Å². The molecule has 2 heterocycles. The van der Waals surface area contributed by atoms with Crippen LogP contribution < -0.4 is 5.32 Å². The minimum atomic E-state index is 0.0330. The number of amides is 1. The van der Waals surface area contributed by atoms with Gasteiger partial charge in [0, 0.05) is 37.1 Å².